The molecule has 1 aliphatic rings. The third kappa shape index (κ3) is 6.19. The second-order valence-electron chi connectivity index (χ2n) is 7.91. The Morgan fingerprint density at radius 3 is 2.46 bits per heavy atom. The molecule has 1 fully saturated rings. The Balaban J connectivity index is 1.62. The van der Waals surface area contributed by atoms with Gasteiger partial charge in [-0.2, -0.15) is 0 Å². The predicted molar refractivity (Wildman–Crippen MR) is 118 cm³/mol. The third-order valence-corrected chi connectivity index (χ3v) is 5.87. The van der Waals surface area contributed by atoms with Gasteiger partial charge in [0.15, 0.2) is 0 Å². The van der Waals surface area contributed by atoms with E-state index in [9.17, 15) is 5.11 Å². The molecule has 1 aliphatic heterocycles. The number of nitrogens with zero attached hydrogens (tertiary/aromatic N) is 2. The Kier molecular flexibility index (Phi) is 7.40. The van der Waals surface area contributed by atoms with Gasteiger partial charge in [-0.25, -0.2) is 0 Å². The number of rotatable bonds is 7. The molecule has 0 aromatic heterocycles. The van der Waals surface area contributed by atoms with E-state index in [1.165, 1.54) is 0 Å². The van der Waals surface area contributed by atoms with E-state index in [0.717, 1.165) is 58.8 Å². The summed E-state index contributed by atoms with van der Waals surface area (Å²) in [4.78, 5) is 4.45. The molecule has 0 amide bonds. The highest BCUT2D eigenvalue weighted by atomic mass is 79.9. The number of ether oxygens (including phenoxy) is 1. The molecule has 2 aromatic carbocycles. The molecule has 0 radical (unpaired) electrons. The Labute approximate surface area is 181 Å². The molecular weight excluding hydrogens is 440 g/mol. The van der Waals surface area contributed by atoms with E-state index >= 15 is 0 Å². The first-order chi connectivity index (χ1) is 13.3. The maximum absolute atomic E-state index is 10.7. The average molecular weight is 468 g/mol. The van der Waals surface area contributed by atoms with Gasteiger partial charge in [0.2, 0.25) is 0 Å². The lowest BCUT2D eigenvalue weighted by molar-refractivity contribution is -0.0389. The van der Waals surface area contributed by atoms with Crippen LogP contribution in [0, 0.1) is 0 Å². The number of hydrogen-bond donors (Lipinski definition) is 1. The zero-order valence-corrected chi connectivity index (χ0v) is 18.8. The van der Waals surface area contributed by atoms with Crippen molar-refractivity contribution in [2.75, 3.05) is 33.7 Å². The fraction of sp³-hybridized carbons (Fsp3) is 0.455. The summed E-state index contributed by atoms with van der Waals surface area (Å²) in [5, 5.41) is 11.5. The molecule has 1 saturated heterocycles. The number of likely N-dealkylation sites (tertiary alicyclic amines) is 1. The van der Waals surface area contributed by atoms with Crippen molar-refractivity contribution in [1.82, 2.24) is 9.80 Å². The molecule has 152 valence electrons. The maximum atomic E-state index is 10.7. The second-order valence-corrected chi connectivity index (χ2v) is 9.26. The molecule has 6 heteroatoms. The topological polar surface area (TPSA) is 35.9 Å². The molecule has 0 saturated carbocycles. The van der Waals surface area contributed by atoms with E-state index in [4.69, 9.17) is 16.3 Å². The monoisotopic (exact) mass is 466 g/mol. The molecule has 0 bridgehead atoms. The van der Waals surface area contributed by atoms with Crippen LogP contribution in [-0.4, -0.2) is 54.2 Å². The minimum absolute atomic E-state index is 0.508. The summed E-state index contributed by atoms with van der Waals surface area (Å²) in [6.45, 7) is 3.80. The van der Waals surface area contributed by atoms with E-state index < -0.39 is 5.60 Å². The van der Waals surface area contributed by atoms with Gasteiger partial charge in [-0.05, 0) is 62.8 Å². The van der Waals surface area contributed by atoms with Crippen molar-refractivity contribution in [2.24, 2.45) is 0 Å². The van der Waals surface area contributed by atoms with Crippen LogP contribution in [0.2, 0.25) is 5.02 Å². The second kappa shape index (κ2) is 9.59. The Bertz CT molecular complexity index is 775. The molecule has 0 unspecified atom stereocenters. The number of aliphatic hydroxyl groups is 1. The van der Waals surface area contributed by atoms with Gasteiger partial charge in [-0.3, -0.25) is 4.90 Å². The van der Waals surface area contributed by atoms with E-state index in [0.29, 0.717) is 13.2 Å². The standard InChI is InChI=1S/C22H28BrClN2O2/c1-25(2)16-22(27)9-11-26(12-10-22)14-18-13-19(23)5-8-21(18)28-15-17-3-6-20(24)7-4-17/h3-8,13,27H,9-12,14-16H2,1-2H3. The van der Waals surface area contributed by atoms with Crippen LogP contribution in [-0.2, 0) is 13.2 Å². The highest BCUT2D eigenvalue weighted by Gasteiger charge is 2.32. The lowest BCUT2D eigenvalue weighted by Crippen LogP contribution is -2.49. The van der Waals surface area contributed by atoms with Gasteiger partial charge in [0.25, 0.3) is 0 Å². The molecule has 1 N–H and O–H groups in total. The van der Waals surface area contributed by atoms with Crippen molar-refractivity contribution >= 4 is 27.5 Å². The minimum Gasteiger partial charge on any atom is -0.489 e. The van der Waals surface area contributed by atoms with Gasteiger partial charge in [0.05, 0.1) is 5.60 Å². The molecule has 2 aromatic rings. The number of piperidine rings is 1. The van der Waals surface area contributed by atoms with Gasteiger partial charge in [0.1, 0.15) is 12.4 Å². The van der Waals surface area contributed by atoms with Gasteiger partial charge < -0.3 is 14.7 Å². The Hall–Kier alpha value is -1.11. The van der Waals surface area contributed by atoms with Crippen LogP contribution in [0.1, 0.15) is 24.0 Å². The average Bonchev–Trinajstić information content (AvgIpc) is 2.64. The molecule has 4 nitrogen and oxygen atoms in total. The van der Waals surface area contributed by atoms with Crippen molar-refractivity contribution in [3.63, 3.8) is 0 Å². The summed E-state index contributed by atoms with van der Waals surface area (Å²) in [5.41, 5.74) is 1.66. The summed E-state index contributed by atoms with van der Waals surface area (Å²) in [6, 6.07) is 13.9. The van der Waals surface area contributed by atoms with Crippen LogP contribution in [0.25, 0.3) is 0 Å². The van der Waals surface area contributed by atoms with Gasteiger partial charge in [-0.15, -0.1) is 0 Å². The summed E-state index contributed by atoms with van der Waals surface area (Å²) in [6.07, 6.45) is 1.58. The number of hydrogen-bond acceptors (Lipinski definition) is 4. The number of likely N-dealkylation sites (N-methyl/N-ethyl adjacent to an activating group) is 1. The molecular formula is C22H28BrClN2O2. The van der Waals surface area contributed by atoms with E-state index in [2.05, 4.69) is 31.8 Å². The fourth-order valence-electron chi connectivity index (χ4n) is 3.67. The van der Waals surface area contributed by atoms with Crippen LogP contribution in [0.5, 0.6) is 5.75 Å². The summed E-state index contributed by atoms with van der Waals surface area (Å²) < 4.78 is 7.15. The van der Waals surface area contributed by atoms with Crippen LogP contribution < -0.4 is 4.74 Å². The summed E-state index contributed by atoms with van der Waals surface area (Å²) in [5.74, 6) is 0.896. The summed E-state index contributed by atoms with van der Waals surface area (Å²) in [7, 11) is 4.02. The number of halogens is 2. The van der Waals surface area contributed by atoms with Crippen LogP contribution in [0.4, 0.5) is 0 Å². The van der Waals surface area contributed by atoms with Crippen LogP contribution >= 0.6 is 27.5 Å². The predicted octanol–water partition coefficient (Wildman–Crippen LogP) is 4.57. The maximum Gasteiger partial charge on any atom is 0.124 e. The first-order valence-corrected chi connectivity index (χ1v) is 10.8. The van der Waals surface area contributed by atoms with Crippen molar-refractivity contribution in [3.8, 4) is 5.75 Å². The van der Waals surface area contributed by atoms with E-state index in [1.807, 2.05) is 50.5 Å². The quantitative estimate of drug-likeness (QED) is 0.647. The van der Waals surface area contributed by atoms with Gasteiger partial charge in [0, 0.05) is 41.2 Å². The smallest absolute Gasteiger partial charge is 0.124 e. The van der Waals surface area contributed by atoms with E-state index in [-0.39, 0.29) is 0 Å². The third-order valence-electron chi connectivity index (χ3n) is 5.12. The Morgan fingerprint density at radius 2 is 1.82 bits per heavy atom. The first-order valence-electron chi connectivity index (χ1n) is 9.58. The Morgan fingerprint density at radius 1 is 1.14 bits per heavy atom. The largest absolute Gasteiger partial charge is 0.489 e. The molecule has 0 spiro atoms. The summed E-state index contributed by atoms with van der Waals surface area (Å²) >= 11 is 9.53. The normalized spacial score (nSPS) is 17.1. The van der Waals surface area contributed by atoms with Crippen LogP contribution in [0.3, 0.4) is 0 Å². The fourth-order valence-corrected chi connectivity index (χ4v) is 4.20. The first kappa shape index (κ1) is 21.6. The van der Waals surface area contributed by atoms with Gasteiger partial charge in [-0.1, -0.05) is 39.7 Å². The molecule has 28 heavy (non-hydrogen) atoms. The van der Waals surface area contributed by atoms with Crippen molar-refractivity contribution in [1.29, 1.82) is 0 Å². The highest BCUT2D eigenvalue weighted by molar-refractivity contribution is 9.10. The number of benzene rings is 2. The zero-order valence-electron chi connectivity index (χ0n) is 16.5. The van der Waals surface area contributed by atoms with E-state index in [1.54, 1.807) is 0 Å². The molecule has 0 atom stereocenters. The minimum atomic E-state index is -0.578. The van der Waals surface area contributed by atoms with Crippen molar-refractivity contribution < 1.29 is 9.84 Å². The molecule has 3 rings (SSSR count). The van der Waals surface area contributed by atoms with Crippen molar-refractivity contribution in [2.45, 2.75) is 31.6 Å². The van der Waals surface area contributed by atoms with Crippen molar-refractivity contribution in [3.05, 3.63) is 63.1 Å². The van der Waals surface area contributed by atoms with Crippen LogP contribution in [0.15, 0.2) is 46.9 Å². The zero-order chi connectivity index (χ0) is 20.1. The molecule has 0 aliphatic carbocycles. The highest BCUT2D eigenvalue weighted by Crippen LogP contribution is 2.29. The van der Waals surface area contributed by atoms with Gasteiger partial charge >= 0.3 is 0 Å². The molecule has 1 heterocycles. The lowest BCUT2D eigenvalue weighted by atomic mass is 9.90. The lowest BCUT2D eigenvalue weighted by Gasteiger charge is -2.39. The SMILES string of the molecule is CN(C)CC1(O)CCN(Cc2cc(Br)ccc2OCc2ccc(Cl)cc2)CC1.